The summed E-state index contributed by atoms with van der Waals surface area (Å²) in [5, 5.41) is 13.4. The van der Waals surface area contributed by atoms with Crippen LogP contribution in [-0.2, 0) is 0 Å². The van der Waals surface area contributed by atoms with E-state index < -0.39 is 4.92 Å². The Balaban J connectivity index is 2.07. The molecule has 1 fully saturated rings. The van der Waals surface area contributed by atoms with Crippen LogP contribution in [0.3, 0.4) is 0 Å². The quantitative estimate of drug-likeness (QED) is 0.493. The highest BCUT2D eigenvalue weighted by Gasteiger charge is 2.25. The number of halogens is 1. The van der Waals surface area contributed by atoms with Gasteiger partial charge in [-0.2, -0.15) is 0 Å². The van der Waals surface area contributed by atoms with Crippen LogP contribution < -0.4 is 10.1 Å². The summed E-state index contributed by atoms with van der Waals surface area (Å²) in [5.41, 5.74) is 0.449. The number of nitrogens with one attached hydrogen (secondary N) is 1. The van der Waals surface area contributed by atoms with Gasteiger partial charge in [0.15, 0.2) is 5.75 Å². The molecule has 1 saturated heterocycles. The number of nitrogens with zero attached hydrogens (tertiary/aromatic N) is 3. The Kier molecular flexibility index (Phi) is 3.38. The first-order valence-corrected chi connectivity index (χ1v) is 5.26. The number of nitro groups is 1. The van der Waals surface area contributed by atoms with Crippen LogP contribution in [0.25, 0.3) is 0 Å². The molecule has 0 spiro atoms. The third-order valence-corrected chi connectivity index (χ3v) is 2.40. The predicted molar refractivity (Wildman–Crippen MR) is 59.2 cm³/mol. The van der Waals surface area contributed by atoms with Gasteiger partial charge >= 0.3 is 0 Å². The molecule has 0 bridgehead atoms. The molecule has 0 radical (unpaired) electrons. The molecule has 0 aliphatic carbocycles. The van der Waals surface area contributed by atoms with Gasteiger partial charge in [-0.05, 0) is 11.6 Å². The normalized spacial score (nSPS) is 21.2. The average molecular weight is 257 g/mol. The first-order valence-electron chi connectivity index (χ1n) is 4.88. The fraction of sp³-hybridized carbons (Fsp3) is 0.333. The third kappa shape index (κ3) is 3.04. The van der Waals surface area contributed by atoms with Crippen LogP contribution in [0.1, 0.15) is 6.42 Å². The van der Waals surface area contributed by atoms with Crippen LogP contribution in [0.2, 0.25) is 5.28 Å². The van der Waals surface area contributed by atoms with Gasteiger partial charge in [0, 0.05) is 13.0 Å². The van der Waals surface area contributed by atoms with Crippen molar-refractivity contribution in [2.24, 2.45) is 0 Å². The van der Waals surface area contributed by atoms with Crippen LogP contribution >= 0.6 is 11.6 Å². The van der Waals surface area contributed by atoms with Crippen LogP contribution in [0, 0.1) is 10.1 Å². The average Bonchev–Trinajstić information content (AvgIpc) is 2.68. The molecule has 1 atom stereocenters. The molecule has 0 amide bonds. The zero-order chi connectivity index (χ0) is 12.3. The largest absolute Gasteiger partial charge is 0.481 e. The molecular formula is C9H9ClN4O3. The smallest absolute Gasteiger partial charge is 0.257 e. The minimum atomic E-state index is -0.512. The topological polar surface area (TPSA) is 90.2 Å². The molecule has 0 aromatic carbocycles. The second-order valence-corrected chi connectivity index (χ2v) is 3.72. The molecule has 2 heterocycles. The summed E-state index contributed by atoms with van der Waals surface area (Å²) < 4.78 is 5.52. The summed E-state index contributed by atoms with van der Waals surface area (Å²) in [7, 11) is 0. The zero-order valence-electron chi connectivity index (χ0n) is 8.67. The lowest BCUT2D eigenvalue weighted by Gasteiger charge is -2.12. The van der Waals surface area contributed by atoms with Crippen molar-refractivity contribution in [3.63, 3.8) is 0 Å². The van der Waals surface area contributed by atoms with Crippen LogP contribution in [-0.4, -0.2) is 27.5 Å². The zero-order valence-corrected chi connectivity index (χ0v) is 9.42. The molecular weight excluding hydrogens is 248 g/mol. The first kappa shape index (κ1) is 11.6. The maximum atomic E-state index is 10.4. The number of rotatable bonds is 3. The second kappa shape index (κ2) is 4.96. The standard InChI is InChI=1S/C9H9ClN4O3/c10-9-12-3-6(4-13-9)17-8-1-2-11-7(8)5-14(15)16/h3-5,8,11H,1-2H2/b7-5-. The minimum Gasteiger partial charge on any atom is -0.481 e. The van der Waals surface area contributed by atoms with Crippen molar-refractivity contribution in [3.05, 3.63) is 39.7 Å². The van der Waals surface area contributed by atoms with Crippen LogP contribution in [0.5, 0.6) is 5.75 Å². The molecule has 1 aromatic heterocycles. The maximum absolute atomic E-state index is 10.4. The van der Waals surface area contributed by atoms with Gasteiger partial charge in [0.25, 0.3) is 6.20 Å². The first-order chi connectivity index (χ1) is 8.15. The molecule has 1 aromatic rings. The highest BCUT2D eigenvalue weighted by Crippen LogP contribution is 2.19. The SMILES string of the molecule is O=[N+]([O-])/C=C1\NCCC1Oc1cnc(Cl)nc1. The predicted octanol–water partition coefficient (Wildman–Crippen LogP) is 0.989. The molecule has 8 heteroatoms. The van der Waals surface area contributed by atoms with Gasteiger partial charge in [0.05, 0.1) is 17.3 Å². The van der Waals surface area contributed by atoms with Crippen LogP contribution in [0.4, 0.5) is 0 Å². The van der Waals surface area contributed by atoms with Gasteiger partial charge in [-0.3, -0.25) is 10.1 Å². The van der Waals surface area contributed by atoms with Gasteiger partial charge in [-0.25, -0.2) is 9.97 Å². The fourth-order valence-corrected chi connectivity index (χ4v) is 1.60. The van der Waals surface area contributed by atoms with Crippen LogP contribution in [0.15, 0.2) is 24.3 Å². The molecule has 2 rings (SSSR count). The summed E-state index contributed by atoms with van der Waals surface area (Å²) in [6, 6.07) is 0. The number of hydrogen-bond donors (Lipinski definition) is 1. The molecule has 1 N–H and O–H groups in total. The van der Waals surface area contributed by atoms with Crippen molar-refractivity contribution in [1.82, 2.24) is 15.3 Å². The van der Waals surface area contributed by atoms with Crippen molar-refractivity contribution in [3.8, 4) is 5.75 Å². The van der Waals surface area contributed by atoms with Gasteiger partial charge in [-0.1, -0.05) is 0 Å². The Hall–Kier alpha value is -1.89. The minimum absolute atomic E-state index is 0.128. The maximum Gasteiger partial charge on any atom is 0.257 e. The lowest BCUT2D eigenvalue weighted by Crippen LogP contribution is -2.19. The Morgan fingerprint density at radius 3 is 2.94 bits per heavy atom. The molecule has 17 heavy (non-hydrogen) atoms. The Bertz CT molecular complexity index is 448. The van der Waals surface area contributed by atoms with E-state index >= 15 is 0 Å². The molecule has 7 nitrogen and oxygen atoms in total. The van der Waals surface area contributed by atoms with Crippen molar-refractivity contribution in [2.75, 3.05) is 6.54 Å². The van der Waals surface area contributed by atoms with E-state index in [1.165, 1.54) is 12.4 Å². The van der Waals surface area contributed by atoms with E-state index in [9.17, 15) is 10.1 Å². The second-order valence-electron chi connectivity index (χ2n) is 3.38. The highest BCUT2D eigenvalue weighted by atomic mass is 35.5. The molecule has 1 aliphatic rings. The van der Waals surface area contributed by atoms with Gasteiger partial charge in [-0.15, -0.1) is 0 Å². The summed E-state index contributed by atoms with van der Waals surface area (Å²) >= 11 is 5.54. The highest BCUT2D eigenvalue weighted by molar-refractivity contribution is 6.28. The lowest BCUT2D eigenvalue weighted by molar-refractivity contribution is -0.404. The third-order valence-electron chi connectivity index (χ3n) is 2.20. The van der Waals surface area contributed by atoms with E-state index in [0.29, 0.717) is 24.4 Å². The molecule has 90 valence electrons. The number of hydrogen-bond acceptors (Lipinski definition) is 6. The van der Waals surface area contributed by atoms with Crippen molar-refractivity contribution < 1.29 is 9.66 Å². The van der Waals surface area contributed by atoms with Crippen molar-refractivity contribution in [1.29, 1.82) is 0 Å². The van der Waals surface area contributed by atoms with Gasteiger partial charge in [0.1, 0.15) is 11.8 Å². The van der Waals surface area contributed by atoms with Gasteiger partial charge in [0.2, 0.25) is 5.28 Å². The van der Waals surface area contributed by atoms with E-state index in [4.69, 9.17) is 16.3 Å². The summed E-state index contributed by atoms with van der Waals surface area (Å²) in [6.07, 6.45) is 4.05. The fourth-order valence-electron chi connectivity index (χ4n) is 1.51. The Morgan fingerprint density at radius 2 is 2.29 bits per heavy atom. The molecule has 1 unspecified atom stereocenters. The van der Waals surface area contributed by atoms with E-state index in [0.717, 1.165) is 6.20 Å². The van der Waals surface area contributed by atoms with E-state index in [2.05, 4.69) is 15.3 Å². The number of aromatic nitrogens is 2. The monoisotopic (exact) mass is 256 g/mol. The van der Waals surface area contributed by atoms with Crippen molar-refractivity contribution in [2.45, 2.75) is 12.5 Å². The Morgan fingerprint density at radius 1 is 1.59 bits per heavy atom. The summed E-state index contributed by atoms with van der Waals surface area (Å²) in [4.78, 5) is 17.4. The Labute approximate surface area is 102 Å². The molecule has 0 saturated carbocycles. The summed E-state index contributed by atoms with van der Waals surface area (Å²) in [5.74, 6) is 0.428. The van der Waals surface area contributed by atoms with E-state index in [1.54, 1.807) is 0 Å². The van der Waals surface area contributed by atoms with E-state index in [-0.39, 0.29) is 11.4 Å². The van der Waals surface area contributed by atoms with E-state index in [1.807, 2.05) is 0 Å². The lowest BCUT2D eigenvalue weighted by atomic mass is 10.2. The van der Waals surface area contributed by atoms with Crippen molar-refractivity contribution >= 4 is 11.6 Å². The van der Waals surface area contributed by atoms with Gasteiger partial charge < -0.3 is 10.1 Å². The molecule has 1 aliphatic heterocycles. The summed E-state index contributed by atoms with van der Waals surface area (Å²) in [6.45, 7) is 0.638. The number of ether oxygens (including phenoxy) is 1.